The van der Waals surface area contributed by atoms with E-state index in [9.17, 15) is 9.59 Å². The minimum Gasteiger partial charge on any atom is -0.481 e. The molecule has 1 saturated heterocycles. The van der Waals surface area contributed by atoms with E-state index in [-0.39, 0.29) is 24.5 Å². The van der Waals surface area contributed by atoms with E-state index in [2.05, 4.69) is 0 Å². The Morgan fingerprint density at radius 2 is 2.00 bits per heavy atom. The average molecular weight is 272 g/mol. The van der Waals surface area contributed by atoms with Crippen molar-refractivity contribution in [2.24, 2.45) is 11.7 Å². The van der Waals surface area contributed by atoms with Crippen LogP contribution in [-0.4, -0.2) is 46.8 Å². The van der Waals surface area contributed by atoms with Crippen molar-refractivity contribution in [3.63, 3.8) is 0 Å². The lowest BCUT2D eigenvalue weighted by Gasteiger charge is -2.37. The van der Waals surface area contributed by atoms with Gasteiger partial charge in [0.1, 0.15) is 5.60 Å². The molecule has 6 heteroatoms. The fourth-order valence-electron chi connectivity index (χ4n) is 2.26. The zero-order valence-corrected chi connectivity index (χ0v) is 11.9. The van der Waals surface area contributed by atoms with Crippen LogP contribution in [0.1, 0.15) is 40.0 Å². The summed E-state index contributed by atoms with van der Waals surface area (Å²) in [5, 5.41) is 8.70. The number of hydrogen-bond donors (Lipinski definition) is 2. The number of piperidine rings is 1. The van der Waals surface area contributed by atoms with Gasteiger partial charge < -0.3 is 20.5 Å². The minimum atomic E-state index is -0.817. The van der Waals surface area contributed by atoms with Crippen molar-refractivity contribution in [2.75, 3.05) is 13.1 Å². The van der Waals surface area contributed by atoms with Crippen molar-refractivity contribution in [2.45, 2.75) is 51.7 Å². The van der Waals surface area contributed by atoms with E-state index in [0.717, 1.165) is 6.42 Å². The molecule has 2 atom stereocenters. The Bertz CT molecular complexity index is 338. The number of carbonyl (C=O) groups is 2. The number of nitrogens with zero attached hydrogens (tertiary/aromatic N) is 1. The number of rotatable bonds is 3. The summed E-state index contributed by atoms with van der Waals surface area (Å²) >= 11 is 0. The Morgan fingerprint density at radius 3 is 2.53 bits per heavy atom. The fraction of sp³-hybridized carbons (Fsp3) is 0.846. The van der Waals surface area contributed by atoms with E-state index in [1.54, 1.807) is 4.90 Å². The molecule has 19 heavy (non-hydrogen) atoms. The van der Waals surface area contributed by atoms with Crippen molar-refractivity contribution in [3.8, 4) is 0 Å². The summed E-state index contributed by atoms with van der Waals surface area (Å²) < 4.78 is 5.31. The number of carboxylic acids is 1. The van der Waals surface area contributed by atoms with Crippen molar-refractivity contribution in [1.29, 1.82) is 0 Å². The normalized spacial score (nSPS) is 24.1. The second-order valence-corrected chi connectivity index (χ2v) is 6.18. The predicted octanol–water partition coefficient (Wildman–Crippen LogP) is 1.44. The predicted molar refractivity (Wildman–Crippen MR) is 70.8 cm³/mol. The molecule has 0 aromatic rings. The van der Waals surface area contributed by atoms with Gasteiger partial charge in [0.15, 0.2) is 0 Å². The second-order valence-electron chi connectivity index (χ2n) is 6.18. The number of likely N-dealkylation sites (tertiary alicyclic amines) is 1. The molecule has 3 N–H and O–H groups in total. The third-order valence-electron chi connectivity index (χ3n) is 2.99. The first kappa shape index (κ1) is 15.8. The van der Waals surface area contributed by atoms with E-state index in [1.807, 2.05) is 20.8 Å². The number of carboxylic acid groups (broad SMARTS) is 1. The Labute approximate surface area is 113 Å². The summed E-state index contributed by atoms with van der Waals surface area (Å²) in [4.78, 5) is 24.2. The summed E-state index contributed by atoms with van der Waals surface area (Å²) in [6, 6.07) is -0.111. The van der Waals surface area contributed by atoms with Gasteiger partial charge in [-0.3, -0.25) is 4.79 Å². The smallest absolute Gasteiger partial charge is 0.410 e. The average Bonchev–Trinajstić information content (AvgIpc) is 2.23. The second kappa shape index (κ2) is 6.23. The molecule has 1 aliphatic heterocycles. The van der Waals surface area contributed by atoms with E-state index < -0.39 is 11.6 Å². The topological polar surface area (TPSA) is 92.9 Å². The first-order chi connectivity index (χ1) is 8.67. The van der Waals surface area contributed by atoms with Crippen LogP contribution in [0.4, 0.5) is 4.79 Å². The maximum Gasteiger partial charge on any atom is 0.410 e. The van der Waals surface area contributed by atoms with Crippen LogP contribution in [0.5, 0.6) is 0 Å². The lowest BCUT2D eigenvalue weighted by Crippen LogP contribution is -2.50. The molecule has 0 spiro atoms. The van der Waals surface area contributed by atoms with Crippen LogP contribution in [0.2, 0.25) is 0 Å². The number of carbonyl (C=O) groups excluding carboxylic acids is 1. The van der Waals surface area contributed by atoms with Crippen LogP contribution < -0.4 is 5.73 Å². The van der Waals surface area contributed by atoms with Gasteiger partial charge in [-0.05, 0) is 39.5 Å². The van der Waals surface area contributed by atoms with Crippen molar-refractivity contribution >= 4 is 12.1 Å². The van der Waals surface area contributed by atoms with Crippen LogP contribution in [-0.2, 0) is 9.53 Å². The highest BCUT2D eigenvalue weighted by Crippen LogP contribution is 2.22. The molecule has 1 fully saturated rings. The first-order valence-corrected chi connectivity index (χ1v) is 6.62. The monoisotopic (exact) mass is 272 g/mol. The quantitative estimate of drug-likeness (QED) is 0.810. The summed E-state index contributed by atoms with van der Waals surface area (Å²) in [7, 11) is 0. The van der Waals surface area contributed by atoms with Crippen LogP contribution in [0, 0.1) is 5.92 Å². The van der Waals surface area contributed by atoms with Gasteiger partial charge >= 0.3 is 12.1 Å². The molecular formula is C13H24N2O4. The standard InChI is InChI=1S/C13H24N2O4/c1-13(2,3)19-12(18)15-7-9(4-5-11(16)17)6-10(14)8-15/h9-10H,4-8,14H2,1-3H3,(H,16,17). The maximum atomic E-state index is 12.0. The third kappa shape index (κ3) is 5.92. The Kier molecular flexibility index (Phi) is 5.17. The summed E-state index contributed by atoms with van der Waals surface area (Å²) in [5.41, 5.74) is 5.39. The lowest BCUT2D eigenvalue weighted by atomic mass is 9.91. The summed E-state index contributed by atoms with van der Waals surface area (Å²) in [5.74, 6) is -0.685. The molecule has 0 aromatic heterocycles. The molecule has 2 unspecified atom stereocenters. The van der Waals surface area contributed by atoms with Crippen molar-refractivity contribution < 1.29 is 19.4 Å². The minimum absolute atomic E-state index is 0.111. The molecule has 0 aromatic carbocycles. The molecule has 0 aliphatic carbocycles. The van der Waals surface area contributed by atoms with Gasteiger partial charge in [0, 0.05) is 25.6 Å². The fourth-order valence-corrected chi connectivity index (χ4v) is 2.26. The molecule has 0 saturated carbocycles. The van der Waals surface area contributed by atoms with E-state index in [1.165, 1.54) is 0 Å². The zero-order valence-electron chi connectivity index (χ0n) is 11.9. The molecule has 1 rings (SSSR count). The number of nitrogens with two attached hydrogens (primary N) is 1. The van der Waals surface area contributed by atoms with Crippen LogP contribution in [0.15, 0.2) is 0 Å². The summed E-state index contributed by atoms with van der Waals surface area (Å²) in [6.45, 7) is 6.44. The van der Waals surface area contributed by atoms with E-state index >= 15 is 0 Å². The number of hydrogen-bond acceptors (Lipinski definition) is 4. The van der Waals surface area contributed by atoms with Crippen molar-refractivity contribution in [1.82, 2.24) is 4.90 Å². The van der Waals surface area contributed by atoms with Crippen LogP contribution >= 0.6 is 0 Å². The molecular weight excluding hydrogens is 248 g/mol. The first-order valence-electron chi connectivity index (χ1n) is 6.62. The molecule has 0 radical (unpaired) electrons. The highest BCUT2D eigenvalue weighted by Gasteiger charge is 2.31. The number of amides is 1. The van der Waals surface area contributed by atoms with Crippen LogP contribution in [0.25, 0.3) is 0 Å². The van der Waals surface area contributed by atoms with Gasteiger partial charge in [0.2, 0.25) is 0 Å². The van der Waals surface area contributed by atoms with Crippen LogP contribution in [0.3, 0.4) is 0 Å². The van der Waals surface area contributed by atoms with Crippen molar-refractivity contribution in [3.05, 3.63) is 0 Å². The number of aliphatic carboxylic acids is 1. The zero-order chi connectivity index (χ0) is 14.6. The SMILES string of the molecule is CC(C)(C)OC(=O)N1CC(N)CC(CCC(=O)O)C1. The molecule has 6 nitrogen and oxygen atoms in total. The largest absolute Gasteiger partial charge is 0.481 e. The Morgan fingerprint density at radius 1 is 1.37 bits per heavy atom. The highest BCUT2D eigenvalue weighted by molar-refractivity contribution is 5.68. The Hall–Kier alpha value is -1.30. The maximum absolute atomic E-state index is 12.0. The molecule has 1 aliphatic rings. The molecule has 0 bridgehead atoms. The summed E-state index contributed by atoms with van der Waals surface area (Å²) in [6.07, 6.45) is 1.04. The van der Waals surface area contributed by atoms with Gasteiger partial charge in [-0.15, -0.1) is 0 Å². The number of ether oxygens (including phenoxy) is 1. The Balaban J connectivity index is 2.54. The molecule has 110 valence electrons. The van der Waals surface area contributed by atoms with E-state index in [0.29, 0.717) is 19.5 Å². The van der Waals surface area contributed by atoms with Gasteiger partial charge in [-0.1, -0.05) is 0 Å². The van der Waals surface area contributed by atoms with Gasteiger partial charge in [-0.2, -0.15) is 0 Å². The van der Waals surface area contributed by atoms with Gasteiger partial charge in [0.05, 0.1) is 0 Å². The molecule has 1 amide bonds. The van der Waals surface area contributed by atoms with Gasteiger partial charge in [-0.25, -0.2) is 4.79 Å². The van der Waals surface area contributed by atoms with E-state index in [4.69, 9.17) is 15.6 Å². The molecule has 1 heterocycles. The van der Waals surface area contributed by atoms with Gasteiger partial charge in [0.25, 0.3) is 0 Å². The third-order valence-corrected chi connectivity index (χ3v) is 2.99. The highest BCUT2D eigenvalue weighted by atomic mass is 16.6. The lowest BCUT2D eigenvalue weighted by molar-refractivity contribution is -0.137.